The number of hydrogen-bond acceptors (Lipinski definition) is 6. The maximum Gasteiger partial charge on any atom is 0.233 e. The predicted octanol–water partition coefficient (Wildman–Crippen LogP) is 5.21. The number of carbonyl (C=O) groups excluding carboxylic acids is 1. The summed E-state index contributed by atoms with van der Waals surface area (Å²) in [6.45, 7) is 4.07. The predicted molar refractivity (Wildman–Crippen MR) is 137 cm³/mol. The molecule has 180 valence electrons. The monoisotopic (exact) mass is 488 g/mol. The third kappa shape index (κ3) is 6.22. The highest BCUT2D eigenvalue weighted by Crippen LogP contribution is 2.27. The maximum atomic E-state index is 12.9. The molecule has 2 unspecified atom stereocenters. The van der Waals surface area contributed by atoms with Gasteiger partial charge in [0.1, 0.15) is 18.1 Å². The lowest BCUT2D eigenvalue weighted by molar-refractivity contribution is -0.120. The fourth-order valence-corrected chi connectivity index (χ4v) is 4.39. The van der Waals surface area contributed by atoms with Crippen LogP contribution >= 0.6 is 11.8 Å². The number of carbonyl (C=O) groups is 1. The third-order valence-corrected chi connectivity index (χ3v) is 6.49. The Hall–Kier alpha value is -3.78. The smallest absolute Gasteiger partial charge is 0.233 e. The Balaban J connectivity index is 1.49. The Bertz CT molecular complexity index is 1230. The highest BCUT2D eigenvalue weighted by Gasteiger charge is 2.22. The Kier molecular flexibility index (Phi) is 8.05. The molecule has 0 spiro atoms. The van der Waals surface area contributed by atoms with E-state index in [9.17, 15) is 4.79 Å². The van der Waals surface area contributed by atoms with Crippen LogP contribution in [0.4, 0.5) is 0 Å². The fraction of sp³-hybridized carbons (Fsp3) is 0.222. The van der Waals surface area contributed by atoms with Gasteiger partial charge in [0, 0.05) is 5.69 Å². The van der Waals surface area contributed by atoms with Gasteiger partial charge in [-0.1, -0.05) is 60.3 Å². The molecule has 3 aromatic carbocycles. The first-order chi connectivity index (χ1) is 17.0. The average Bonchev–Trinajstić information content (AvgIpc) is 3.30. The minimum absolute atomic E-state index is 0.0648. The number of benzene rings is 3. The summed E-state index contributed by atoms with van der Waals surface area (Å²) in [4.78, 5) is 12.9. The summed E-state index contributed by atoms with van der Waals surface area (Å²) in [5, 5.41) is 12.1. The number of aromatic nitrogens is 3. The van der Waals surface area contributed by atoms with E-state index >= 15 is 0 Å². The molecular weight excluding hydrogens is 460 g/mol. The van der Waals surface area contributed by atoms with Crippen LogP contribution in [0.1, 0.15) is 31.3 Å². The molecule has 8 heteroatoms. The van der Waals surface area contributed by atoms with Gasteiger partial charge in [-0.15, -0.1) is 10.2 Å². The first-order valence-corrected chi connectivity index (χ1v) is 12.2. The molecule has 0 aliphatic heterocycles. The van der Waals surface area contributed by atoms with Gasteiger partial charge in [-0.2, -0.15) is 0 Å². The van der Waals surface area contributed by atoms with Gasteiger partial charge in [-0.05, 0) is 55.8 Å². The molecule has 0 radical (unpaired) electrons. The van der Waals surface area contributed by atoms with Gasteiger partial charge < -0.3 is 14.8 Å². The Labute approximate surface area is 209 Å². The van der Waals surface area contributed by atoms with Gasteiger partial charge in [0.15, 0.2) is 11.0 Å². The summed E-state index contributed by atoms with van der Waals surface area (Å²) < 4.78 is 13.1. The molecule has 1 N–H and O–H groups in total. The van der Waals surface area contributed by atoms with Gasteiger partial charge in [-0.3, -0.25) is 9.36 Å². The van der Waals surface area contributed by atoms with Gasteiger partial charge in [0.2, 0.25) is 5.91 Å². The highest BCUT2D eigenvalue weighted by molar-refractivity contribution is 8.00. The van der Waals surface area contributed by atoms with Crippen molar-refractivity contribution in [3.63, 3.8) is 0 Å². The highest BCUT2D eigenvalue weighted by atomic mass is 32.2. The van der Waals surface area contributed by atoms with E-state index in [1.165, 1.54) is 11.8 Å². The van der Waals surface area contributed by atoms with Gasteiger partial charge >= 0.3 is 0 Å². The summed E-state index contributed by atoms with van der Waals surface area (Å²) in [7, 11) is 1.63. The first kappa shape index (κ1) is 24.3. The zero-order chi connectivity index (χ0) is 24.6. The first-order valence-electron chi connectivity index (χ1n) is 11.3. The topological polar surface area (TPSA) is 78.3 Å². The van der Waals surface area contributed by atoms with Crippen LogP contribution in [-0.4, -0.2) is 33.0 Å². The number of nitrogens with one attached hydrogen (secondary N) is 1. The zero-order valence-corrected chi connectivity index (χ0v) is 20.7. The lowest BCUT2D eigenvalue weighted by Gasteiger charge is -2.18. The standard InChI is InChI=1S/C27H28N4O3S/c1-19(21-10-6-4-7-11-21)28-26(32)20(2)35-27-30-29-25(31(27)22-12-8-5-9-13-22)18-34-24-16-14-23(33-3)15-17-24/h4-17,19-20H,18H2,1-3H3,(H,28,32). The molecule has 2 atom stereocenters. The fourth-order valence-electron chi connectivity index (χ4n) is 3.49. The van der Waals surface area contributed by atoms with Crippen molar-refractivity contribution in [1.29, 1.82) is 0 Å². The molecule has 0 aliphatic rings. The Morgan fingerprint density at radius 1 is 0.914 bits per heavy atom. The van der Waals surface area contributed by atoms with Crippen molar-refractivity contribution in [3.05, 3.63) is 96.3 Å². The van der Waals surface area contributed by atoms with E-state index in [1.54, 1.807) is 7.11 Å². The number of rotatable bonds is 10. The van der Waals surface area contributed by atoms with E-state index in [2.05, 4.69) is 15.5 Å². The van der Waals surface area contributed by atoms with Crippen LogP contribution in [-0.2, 0) is 11.4 Å². The second kappa shape index (κ2) is 11.6. The molecule has 0 aliphatic carbocycles. The minimum atomic E-state index is -0.372. The number of thioether (sulfide) groups is 1. The normalized spacial score (nSPS) is 12.5. The zero-order valence-electron chi connectivity index (χ0n) is 19.9. The van der Waals surface area contributed by atoms with Crippen molar-refractivity contribution >= 4 is 17.7 Å². The molecule has 4 aromatic rings. The van der Waals surface area contributed by atoms with Crippen molar-refractivity contribution in [2.75, 3.05) is 7.11 Å². The van der Waals surface area contributed by atoms with Crippen molar-refractivity contribution in [2.45, 2.75) is 36.9 Å². The summed E-state index contributed by atoms with van der Waals surface area (Å²) in [6.07, 6.45) is 0. The summed E-state index contributed by atoms with van der Waals surface area (Å²) in [6, 6.07) is 27.0. The SMILES string of the molecule is COc1ccc(OCc2nnc(SC(C)C(=O)NC(C)c3ccccc3)n2-c2ccccc2)cc1. The van der Waals surface area contributed by atoms with Crippen LogP contribution in [0.25, 0.3) is 5.69 Å². The Morgan fingerprint density at radius 2 is 1.54 bits per heavy atom. The molecule has 1 amide bonds. The molecule has 4 rings (SSSR count). The molecule has 7 nitrogen and oxygen atoms in total. The molecule has 0 saturated carbocycles. The molecule has 1 aromatic heterocycles. The van der Waals surface area contributed by atoms with Crippen molar-refractivity contribution < 1.29 is 14.3 Å². The van der Waals surface area contributed by atoms with Crippen LogP contribution < -0.4 is 14.8 Å². The number of ether oxygens (including phenoxy) is 2. The molecule has 0 fully saturated rings. The van der Waals surface area contributed by atoms with Gasteiger partial charge in [0.25, 0.3) is 0 Å². The van der Waals surface area contributed by atoms with Crippen LogP contribution in [0.15, 0.2) is 90.1 Å². The summed E-state index contributed by atoms with van der Waals surface area (Å²) in [5.41, 5.74) is 1.96. The lowest BCUT2D eigenvalue weighted by atomic mass is 10.1. The second-order valence-corrected chi connectivity index (χ2v) is 9.24. The number of amides is 1. The molecule has 1 heterocycles. The van der Waals surface area contributed by atoms with E-state index in [4.69, 9.17) is 9.47 Å². The maximum absolute atomic E-state index is 12.9. The van der Waals surface area contributed by atoms with E-state index in [1.807, 2.05) is 103 Å². The van der Waals surface area contributed by atoms with Crippen molar-refractivity contribution in [2.24, 2.45) is 0 Å². The van der Waals surface area contributed by atoms with Gasteiger partial charge in [-0.25, -0.2) is 0 Å². The van der Waals surface area contributed by atoms with E-state index in [-0.39, 0.29) is 23.8 Å². The Morgan fingerprint density at radius 3 is 2.20 bits per heavy atom. The van der Waals surface area contributed by atoms with Crippen LogP contribution in [0.5, 0.6) is 11.5 Å². The number of hydrogen-bond donors (Lipinski definition) is 1. The van der Waals surface area contributed by atoms with Crippen molar-refractivity contribution in [3.8, 4) is 17.2 Å². The summed E-state index contributed by atoms with van der Waals surface area (Å²) >= 11 is 1.36. The van der Waals surface area contributed by atoms with E-state index in [0.717, 1.165) is 17.0 Å². The summed E-state index contributed by atoms with van der Waals surface area (Å²) in [5.74, 6) is 2.03. The van der Waals surface area contributed by atoms with Crippen molar-refractivity contribution in [1.82, 2.24) is 20.1 Å². The quantitative estimate of drug-likeness (QED) is 0.309. The van der Waals surface area contributed by atoms with E-state index in [0.29, 0.717) is 16.7 Å². The number of nitrogens with zero attached hydrogens (tertiary/aromatic N) is 3. The number of methoxy groups -OCH3 is 1. The largest absolute Gasteiger partial charge is 0.497 e. The number of para-hydroxylation sites is 1. The molecule has 35 heavy (non-hydrogen) atoms. The average molecular weight is 489 g/mol. The van der Waals surface area contributed by atoms with Gasteiger partial charge in [0.05, 0.1) is 18.4 Å². The van der Waals surface area contributed by atoms with Crippen LogP contribution in [0, 0.1) is 0 Å². The van der Waals surface area contributed by atoms with Crippen LogP contribution in [0.2, 0.25) is 0 Å². The van der Waals surface area contributed by atoms with E-state index < -0.39 is 0 Å². The third-order valence-electron chi connectivity index (χ3n) is 5.45. The second-order valence-electron chi connectivity index (χ2n) is 7.94. The van der Waals surface area contributed by atoms with Crippen LogP contribution in [0.3, 0.4) is 0 Å². The molecule has 0 bridgehead atoms. The minimum Gasteiger partial charge on any atom is -0.497 e. The molecular formula is C27H28N4O3S. The molecule has 0 saturated heterocycles. The lowest BCUT2D eigenvalue weighted by Crippen LogP contribution is -2.33.